The largest absolute Gasteiger partial charge is 0.366 e. The number of hydrogen-bond donors (Lipinski definition) is 2. The van der Waals surface area contributed by atoms with E-state index in [0.717, 1.165) is 34.6 Å². The molecule has 0 aromatic heterocycles. The van der Waals surface area contributed by atoms with Gasteiger partial charge in [0.2, 0.25) is 15.9 Å². The molecule has 0 aliphatic carbocycles. The Balaban J connectivity index is 1.77. The minimum Gasteiger partial charge on any atom is -0.366 e. The highest BCUT2D eigenvalue weighted by molar-refractivity contribution is 7.89. The van der Waals surface area contributed by atoms with Gasteiger partial charge in [-0.05, 0) is 43.2 Å². The second-order valence-corrected chi connectivity index (χ2v) is 8.76. The number of nitrogens with one attached hydrogen (secondary N) is 1. The van der Waals surface area contributed by atoms with Crippen molar-refractivity contribution in [1.29, 1.82) is 0 Å². The van der Waals surface area contributed by atoms with E-state index in [-0.39, 0.29) is 18.0 Å². The Kier molecular flexibility index (Phi) is 6.13. The maximum Gasteiger partial charge on any atom is 0.251 e. The number of carbonyl (C=O) groups is 2. The summed E-state index contributed by atoms with van der Waals surface area (Å²) in [4.78, 5) is 23.7. The molecule has 1 saturated heterocycles. The molecule has 1 aliphatic heterocycles. The van der Waals surface area contributed by atoms with Gasteiger partial charge in [0.25, 0.3) is 5.91 Å². The van der Waals surface area contributed by atoms with Crippen molar-refractivity contribution < 1.29 is 31.2 Å². The van der Waals surface area contributed by atoms with Crippen molar-refractivity contribution >= 4 is 27.5 Å². The van der Waals surface area contributed by atoms with E-state index in [0.29, 0.717) is 18.9 Å². The molecule has 2 amide bonds. The van der Waals surface area contributed by atoms with Gasteiger partial charge in [-0.1, -0.05) is 0 Å². The molecule has 1 aliphatic rings. The van der Waals surface area contributed by atoms with Crippen LogP contribution in [0.3, 0.4) is 0 Å². The highest BCUT2D eigenvalue weighted by atomic mass is 32.2. The zero-order valence-electron chi connectivity index (χ0n) is 15.6. The maximum atomic E-state index is 14.0. The molecule has 3 rings (SSSR count). The Bertz CT molecular complexity index is 1090. The Morgan fingerprint density at radius 1 is 1.07 bits per heavy atom. The summed E-state index contributed by atoms with van der Waals surface area (Å²) in [6.07, 6.45) is 0.712. The number of rotatable bonds is 5. The van der Waals surface area contributed by atoms with Crippen molar-refractivity contribution in [2.75, 3.05) is 18.4 Å². The second-order valence-electron chi connectivity index (χ2n) is 6.82. The molecule has 7 nitrogen and oxygen atoms in total. The zero-order valence-corrected chi connectivity index (χ0v) is 16.4. The summed E-state index contributed by atoms with van der Waals surface area (Å²) in [5.74, 6) is -5.46. The molecule has 0 spiro atoms. The van der Waals surface area contributed by atoms with E-state index in [1.807, 2.05) is 0 Å². The third-order valence-electron chi connectivity index (χ3n) is 4.79. The van der Waals surface area contributed by atoms with E-state index in [2.05, 4.69) is 5.32 Å². The molecular formula is C19H18F3N3O4S. The van der Waals surface area contributed by atoms with Gasteiger partial charge in [-0.15, -0.1) is 0 Å². The standard InChI is InChI=1S/C19H18F3N3O4S/c20-12-3-5-13(6-4-12)30(28,29)25-7-1-2-11(10-25)19(27)24-17-8-14(18(23)26)15(21)9-16(17)22/h3-6,8-9,11H,1-2,7,10H2,(H2,23,26)(H,24,27). The summed E-state index contributed by atoms with van der Waals surface area (Å²) in [6, 6.07) is 5.53. The van der Waals surface area contributed by atoms with E-state index >= 15 is 0 Å². The summed E-state index contributed by atoms with van der Waals surface area (Å²) in [6.45, 7) is -0.00272. The second kappa shape index (κ2) is 8.44. The molecule has 0 saturated carbocycles. The van der Waals surface area contributed by atoms with E-state index in [1.165, 1.54) is 0 Å². The lowest BCUT2D eigenvalue weighted by Crippen LogP contribution is -2.43. The molecular weight excluding hydrogens is 423 g/mol. The Morgan fingerprint density at radius 2 is 1.73 bits per heavy atom. The van der Waals surface area contributed by atoms with Gasteiger partial charge in [-0.2, -0.15) is 4.31 Å². The number of anilines is 1. The predicted octanol–water partition coefficient (Wildman–Crippen LogP) is 2.24. The van der Waals surface area contributed by atoms with Crippen LogP contribution in [0.2, 0.25) is 0 Å². The summed E-state index contributed by atoms with van der Waals surface area (Å²) in [7, 11) is -3.95. The lowest BCUT2D eigenvalue weighted by molar-refractivity contribution is -0.120. The van der Waals surface area contributed by atoms with Crippen molar-refractivity contribution in [2.24, 2.45) is 11.7 Å². The van der Waals surface area contributed by atoms with E-state index < -0.39 is 56.5 Å². The summed E-state index contributed by atoms with van der Waals surface area (Å²) >= 11 is 0. The van der Waals surface area contributed by atoms with Crippen LogP contribution in [0.15, 0.2) is 41.3 Å². The fraction of sp³-hybridized carbons (Fsp3) is 0.263. The third kappa shape index (κ3) is 4.46. The average Bonchev–Trinajstić information content (AvgIpc) is 2.70. The van der Waals surface area contributed by atoms with Gasteiger partial charge in [0, 0.05) is 19.2 Å². The van der Waals surface area contributed by atoms with Gasteiger partial charge >= 0.3 is 0 Å². The van der Waals surface area contributed by atoms with Crippen LogP contribution in [0.25, 0.3) is 0 Å². The smallest absolute Gasteiger partial charge is 0.251 e. The number of hydrogen-bond acceptors (Lipinski definition) is 4. The molecule has 1 atom stereocenters. The van der Waals surface area contributed by atoms with Crippen molar-refractivity contribution in [1.82, 2.24) is 4.31 Å². The van der Waals surface area contributed by atoms with Gasteiger partial charge in [0.05, 0.1) is 22.1 Å². The van der Waals surface area contributed by atoms with E-state index in [4.69, 9.17) is 5.73 Å². The van der Waals surface area contributed by atoms with Crippen LogP contribution in [0.5, 0.6) is 0 Å². The van der Waals surface area contributed by atoms with E-state index in [9.17, 15) is 31.2 Å². The first-order valence-electron chi connectivity index (χ1n) is 8.95. The minimum absolute atomic E-state index is 0.111. The van der Waals surface area contributed by atoms with Gasteiger partial charge in [0.15, 0.2) is 0 Å². The van der Waals surface area contributed by atoms with Crippen LogP contribution in [0.1, 0.15) is 23.2 Å². The van der Waals surface area contributed by atoms with Crippen molar-refractivity contribution in [2.45, 2.75) is 17.7 Å². The normalized spacial score (nSPS) is 17.5. The van der Waals surface area contributed by atoms with Gasteiger partial charge < -0.3 is 11.1 Å². The minimum atomic E-state index is -3.95. The lowest BCUT2D eigenvalue weighted by atomic mass is 9.98. The Morgan fingerprint density at radius 3 is 2.37 bits per heavy atom. The molecule has 30 heavy (non-hydrogen) atoms. The number of halogens is 3. The van der Waals surface area contributed by atoms with Crippen LogP contribution in [0.4, 0.5) is 18.9 Å². The number of nitrogens with two attached hydrogens (primary N) is 1. The summed E-state index contributed by atoms with van der Waals surface area (Å²) < 4.78 is 67.3. The van der Waals surface area contributed by atoms with Crippen LogP contribution >= 0.6 is 0 Å². The topological polar surface area (TPSA) is 110 Å². The SMILES string of the molecule is NC(=O)c1cc(NC(=O)C2CCCN(S(=O)(=O)c3ccc(F)cc3)C2)c(F)cc1F. The van der Waals surface area contributed by atoms with Crippen LogP contribution < -0.4 is 11.1 Å². The first kappa shape index (κ1) is 21.8. The van der Waals surface area contributed by atoms with Crippen LogP contribution in [0, 0.1) is 23.4 Å². The molecule has 2 aromatic rings. The zero-order chi connectivity index (χ0) is 22.1. The molecule has 2 aromatic carbocycles. The maximum absolute atomic E-state index is 14.0. The number of nitrogens with zero attached hydrogens (tertiary/aromatic N) is 1. The number of carbonyl (C=O) groups excluding carboxylic acids is 2. The lowest BCUT2D eigenvalue weighted by Gasteiger charge is -2.31. The average molecular weight is 441 g/mol. The van der Waals surface area contributed by atoms with Crippen molar-refractivity contribution in [3.8, 4) is 0 Å². The summed E-state index contributed by atoms with van der Waals surface area (Å²) in [5.41, 5.74) is 4.00. The molecule has 1 unspecified atom stereocenters. The highest BCUT2D eigenvalue weighted by Crippen LogP contribution is 2.26. The van der Waals surface area contributed by atoms with E-state index in [1.54, 1.807) is 0 Å². The molecule has 1 heterocycles. The van der Waals surface area contributed by atoms with Crippen molar-refractivity contribution in [3.63, 3.8) is 0 Å². The molecule has 0 radical (unpaired) electrons. The molecule has 3 N–H and O–H groups in total. The number of amides is 2. The number of piperidine rings is 1. The Labute approximate surface area is 170 Å². The molecule has 11 heteroatoms. The van der Waals surface area contributed by atoms with Crippen LogP contribution in [-0.2, 0) is 14.8 Å². The Hall–Kier alpha value is -2.92. The fourth-order valence-electron chi connectivity index (χ4n) is 3.20. The number of primary amides is 1. The first-order chi connectivity index (χ1) is 14.1. The van der Waals surface area contributed by atoms with Gasteiger partial charge in [0.1, 0.15) is 17.5 Å². The van der Waals surface area contributed by atoms with Gasteiger partial charge in [-0.25, -0.2) is 21.6 Å². The molecule has 0 bridgehead atoms. The predicted molar refractivity (Wildman–Crippen MR) is 101 cm³/mol. The number of benzene rings is 2. The quantitative estimate of drug-likeness (QED) is 0.742. The van der Waals surface area contributed by atoms with Crippen LogP contribution in [-0.4, -0.2) is 37.6 Å². The first-order valence-corrected chi connectivity index (χ1v) is 10.4. The van der Waals surface area contributed by atoms with Gasteiger partial charge in [-0.3, -0.25) is 9.59 Å². The number of sulfonamides is 1. The molecule has 160 valence electrons. The third-order valence-corrected chi connectivity index (χ3v) is 6.67. The van der Waals surface area contributed by atoms with Crippen molar-refractivity contribution in [3.05, 3.63) is 59.4 Å². The monoisotopic (exact) mass is 441 g/mol. The fourth-order valence-corrected chi connectivity index (χ4v) is 4.72. The highest BCUT2D eigenvalue weighted by Gasteiger charge is 2.33. The summed E-state index contributed by atoms with van der Waals surface area (Å²) in [5, 5.41) is 2.26. The molecule has 1 fully saturated rings.